The van der Waals surface area contributed by atoms with Crippen LogP contribution >= 0.6 is 0 Å². The molecule has 0 spiro atoms. The van der Waals surface area contributed by atoms with Crippen LogP contribution in [0.3, 0.4) is 0 Å². The van der Waals surface area contributed by atoms with Crippen molar-refractivity contribution in [3.05, 3.63) is 18.1 Å². The van der Waals surface area contributed by atoms with Crippen LogP contribution in [0.1, 0.15) is 25.0 Å². The Morgan fingerprint density at radius 3 is 2.83 bits per heavy atom. The van der Waals surface area contributed by atoms with E-state index in [2.05, 4.69) is 19.8 Å². The average molecular weight is 247 g/mol. The molecule has 0 saturated carbocycles. The second kappa shape index (κ2) is 5.20. The molecule has 5 heteroatoms. The van der Waals surface area contributed by atoms with E-state index in [1.807, 2.05) is 6.20 Å². The molecule has 0 bridgehead atoms. The van der Waals surface area contributed by atoms with E-state index in [1.165, 1.54) is 32.4 Å². The first-order chi connectivity index (χ1) is 8.86. The number of hydrogen-bond acceptors (Lipinski definition) is 5. The summed E-state index contributed by atoms with van der Waals surface area (Å²) in [4.78, 5) is 13.7. The summed E-state index contributed by atoms with van der Waals surface area (Å²) in [6.07, 6.45) is 7.56. The molecule has 0 amide bonds. The van der Waals surface area contributed by atoms with Gasteiger partial charge in [-0.15, -0.1) is 0 Å². The molecule has 1 atom stereocenters. The SMILES string of the molecule is NCc1cncc(N2CCC(N3CCCC3)C2)n1. The van der Waals surface area contributed by atoms with Crippen LogP contribution in [-0.2, 0) is 6.54 Å². The van der Waals surface area contributed by atoms with Gasteiger partial charge in [0.05, 0.1) is 11.9 Å². The van der Waals surface area contributed by atoms with Gasteiger partial charge in [-0.25, -0.2) is 4.98 Å². The lowest BCUT2D eigenvalue weighted by molar-refractivity contribution is 0.260. The maximum absolute atomic E-state index is 5.61. The third-order valence-corrected chi connectivity index (χ3v) is 4.03. The lowest BCUT2D eigenvalue weighted by Gasteiger charge is -2.24. The van der Waals surface area contributed by atoms with Crippen molar-refractivity contribution in [3.63, 3.8) is 0 Å². The van der Waals surface area contributed by atoms with E-state index in [0.29, 0.717) is 12.6 Å². The molecule has 2 aliphatic heterocycles. The predicted molar refractivity (Wildman–Crippen MR) is 71.3 cm³/mol. The monoisotopic (exact) mass is 247 g/mol. The molecule has 3 heterocycles. The second-order valence-corrected chi connectivity index (χ2v) is 5.20. The predicted octanol–water partition coefficient (Wildman–Crippen LogP) is 0.610. The minimum atomic E-state index is 0.463. The van der Waals surface area contributed by atoms with Gasteiger partial charge in [0, 0.05) is 31.9 Å². The number of nitrogens with two attached hydrogens (primary N) is 1. The van der Waals surface area contributed by atoms with Crippen molar-refractivity contribution in [2.24, 2.45) is 5.73 Å². The van der Waals surface area contributed by atoms with E-state index in [0.717, 1.165) is 24.6 Å². The van der Waals surface area contributed by atoms with Crippen LogP contribution in [0.4, 0.5) is 5.82 Å². The number of anilines is 1. The molecule has 2 fully saturated rings. The Morgan fingerprint density at radius 1 is 1.22 bits per heavy atom. The smallest absolute Gasteiger partial charge is 0.147 e. The summed E-state index contributed by atoms with van der Waals surface area (Å²) in [7, 11) is 0. The molecule has 1 aromatic heterocycles. The van der Waals surface area contributed by atoms with Gasteiger partial charge in [0.1, 0.15) is 5.82 Å². The van der Waals surface area contributed by atoms with Crippen LogP contribution in [-0.4, -0.2) is 47.1 Å². The van der Waals surface area contributed by atoms with Crippen LogP contribution < -0.4 is 10.6 Å². The number of aromatic nitrogens is 2. The summed E-state index contributed by atoms with van der Waals surface area (Å²) in [5.41, 5.74) is 6.49. The number of hydrogen-bond donors (Lipinski definition) is 1. The van der Waals surface area contributed by atoms with Gasteiger partial charge in [-0.1, -0.05) is 0 Å². The Balaban J connectivity index is 1.67. The van der Waals surface area contributed by atoms with Gasteiger partial charge in [0.2, 0.25) is 0 Å². The zero-order valence-electron chi connectivity index (χ0n) is 10.8. The first kappa shape index (κ1) is 11.9. The van der Waals surface area contributed by atoms with Crippen LogP contribution in [0.15, 0.2) is 12.4 Å². The Bertz CT molecular complexity index is 402. The summed E-state index contributed by atoms with van der Waals surface area (Å²) >= 11 is 0. The molecule has 1 unspecified atom stereocenters. The molecule has 0 aromatic carbocycles. The van der Waals surface area contributed by atoms with Crippen molar-refractivity contribution in [1.82, 2.24) is 14.9 Å². The number of rotatable bonds is 3. The fraction of sp³-hybridized carbons (Fsp3) is 0.692. The fourth-order valence-corrected chi connectivity index (χ4v) is 3.00. The van der Waals surface area contributed by atoms with Crippen LogP contribution in [0, 0.1) is 0 Å². The summed E-state index contributed by atoms with van der Waals surface area (Å²) in [5, 5.41) is 0. The fourth-order valence-electron chi connectivity index (χ4n) is 3.00. The molecular weight excluding hydrogens is 226 g/mol. The van der Waals surface area contributed by atoms with Gasteiger partial charge >= 0.3 is 0 Å². The topological polar surface area (TPSA) is 58.3 Å². The summed E-state index contributed by atoms with van der Waals surface area (Å²) in [6, 6.07) is 0.704. The average Bonchev–Trinajstić information content (AvgIpc) is 3.09. The first-order valence-electron chi connectivity index (χ1n) is 6.87. The summed E-state index contributed by atoms with van der Waals surface area (Å²) < 4.78 is 0. The quantitative estimate of drug-likeness (QED) is 0.848. The lowest BCUT2D eigenvalue weighted by Crippen LogP contribution is -2.35. The molecule has 5 nitrogen and oxygen atoms in total. The standard InChI is InChI=1S/C13H21N5/c14-7-11-8-15-9-13(16-11)18-6-3-12(10-18)17-4-1-2-5-17/h8-9,12H,1-7,10,14H2. The third-order valence-electron chi connectivity index (χ3n) is 4.03. The number of nitrogens with zero attached hydrogens (tertiary/aromatic N) is 4. The third kappa shape index (κ3) is 2.33. The van der Waals surface area contributed by atoms with Crippen molar-refractivity contribution in [2.45, 2.75) is 31.8 Å². The van der Waals surface area contributed by atoms with Crippen LogP contribution in [0.2, 0.25) is 0 Å². The Labute approximate surface area is 108 Å². The summed E-state index contributed by atoms with van der Waals surface area (Å²) in [6.45, 7) is 5.18. The van der Waals surface area contributed by atoms with Crippen molar-refractivity contribution < 1.29 is 0 Å². The van der Waals surface area contributed by atoms with Gasteiger partial charge in [-0.05, 0) is 32.4 Å². The molecule has 2 N–H and O–H groups in total. The largest absolute Gasteiger partial charge is 0.354 e. The van der Waals surface area contributed by atoms with E-state index in [-0.39, 0.29) is 0 Å². The van der Waals surface area contributed by atoms with Crippen molar-refractivity contribution in [2.75, 3.05) is 31.1 Å². The Morgan fingerprint density at radius 2 is 2.06 bits per heavy atom. The highest BCUT2D eigenvalue weighted by Crippen LogP contribution is 2.23. The highest BCUT2D eigenvalue weighted by Gasteiger charge is 2.29. The Hall–Kier alpha value is -1.20. The molecule has 0 radical (unpaired) electrons. The van der Waals surface area contributed by atoms with Crippen molar-refractivity contribution in [1.29, 1.82) is 0 Å². The zero-order chi connectivity index (χ0) is 12.4. The van der Waals surface area contributed by atoms with Crippen LogP contribution in [0.25, 0.3) is 0 Å². The normalized spacial score (nSPS) is 24.9. The van der Waals surface area contributed by atoms with Gasteiger partial charge in [0.25, 0.3) is 0 Å². The lowest BCUT2D eigenvalue weighted by atomic mass is 10.2. The molecular formula is C13H21N5. The van der Waals surface area contributed by atoms with Gasteiger partial charge in [-0.2, -0.15) is 0 Å². The van der Waals surface area contributed by atoms with Crippen LogP contribution in [0.5, 0.6) is 0 Å². The molecule has 0 aliphatic carbocycles. The molecule has 1 aromatic rings. The molecule has 3 rings (SSSR count). The number of likely N-dealkylation sites (tertiary alicyclic amines) is 1. The van der Waals surface area contributed by atoms with Gasteiger partial charge < -0.3 is 10.6 Å². The first-order valence-corrected chi connectivity index (χ1v) is 6.87. The molecule has 2 aliphatic rings. The van der Waals surface area contributed by atoms with E-state index in [4.69, 9.17) is 5.73 Å². The second-order valence-electron chi connectivity index (χ2n) is 5.20. The highest BCUT2D eigenvalue weighted by atomic mass is 15.3. The summed E-state index contributed by atoms with van der Waals surface area (Å²) in [5.74, 6) is 0.986. The minimum Gasteiger partial charge on any atom is -0.354 e. The minimum absolute atomic E-state index is 0.463. The van der Waals surface area contributed by atoms with Crippen molar-refractivity contribution in [3.8, 4) is 0 Å². The molecule has 2 saturated heterocycles. The molecule has 98 valence electrons. The van der Waals surface area contributed by atoms with E-state index in [1.54, 1.807) is 6.20 Å². The van der Waals surface area contributed by atoms with Gasteiger partial charge in [0.15, 0.2) is 0 Å². The van der Waals surface area contributed by atoms with E-state index in [9.17, 15) is 0 Å². The maximum atomic E-state index is 5.61. The zero-order valence-corrected chi connectivity index (χ0v) is 10.8. The molecule has 18 heavy (non-hydrogen) atoms. The van der Waals surface area contributed by atoms with E-state index < -0.39 is 0 Å². The van der Waals surface area contributed by atoms with Gasteiger partial charge in [-0.3, -0.25) is 9.88 Å². The Kier molecular flexibility index (Phi) is 3.43. The maximum Gasteiger partial charge on any atom is 0.147 e. The van der Waals surface area contributed by atoms with Crippen molar-refractivity contribution >= 4 is 5.82 Å². The highest BCUT2D eigenvalue weighted by molar-refractivity contribution is 5.38. The van der Waals surface area contributed by atoms with E-state index >= 15 is 0 Å².